The molecule has 0 amide bonds. The molecule has 0 spiro atoms. The highest BCUT2D eigenvalue weighted by molar-refractivity contribution is 5.91. The van der Waals surface area contributed by atoms with E-state index in [1.807, 2.05) is 73.7 Å². The molecule has 2 N–H and O–H groups in total. The Kier molecular flexibility index (Phi) is 7.12. The highest BCUT2D eigenvalue weighted by Gasteiger charge is 2.23. The first-order valence-corrected chi connectivity index (χ1v) is 11.7. The summed E-state index contributed by atoms with van der Waals surface area (Å²) in [6.07, 6.45) is 1.29. The van der Waals surface area contributed by atoms with Crippen LogP contribution in [0.5, 0.6) is 5.75 Å². The van der Waals surface area contributed by atoms with Crippen LogP contribution in [0, 0.1) is 6.92 Å². The molecule has 0 radical (unpaired) electrons. The third-order valence-corrected chi connectivity index (χ3v) is 6.52. The molecule has 0 aliphatic carbocycles. The van der Waals surface area contributed by atoms with Gasteiger partial charge in [0.1, 0.15) is 11.3 Å². The molecule has 2 atom stereocenters. The number of carbonyl (C=O) groups is 1. The van der Waals surface area contributed by atoms with Crippen LogP contribution in [0.3, 0.4) is 0 Å². The summed E-state index contributed by atoms with van der Waals surface area (Å²) in [6, 6.07) is 32.3. The lowest BCUT2D eigenvalue weighted by atomic mass is 9.80. The molecular weight excluding hydrogens is 420 g/mol. The molecule has 4 rings (SSSR count). The number of carboxylic acids is 1. The molecule has 0 aliphatic rings. The van der Waals surface area contributed by atoms with Crippen LogP contribution in [-0.2, 0) is 6.42 Å². The topological polar surface area (TPSA) is 57.5 Å². The van der Waals surface area contributed by atoms with Crippen molar-refractivity contribution in [1.29, 1.82) is 0 Å². The van der Waals surface area contributed by atoms with Gasteiger partial charge in [-0.05, 0) is 53.1 Å². The number of aromatic hydroxyl groups is 1. The standard InChI is InChI=1S/C31H30O3/c1-21-13-15-23(16-14-21)18-27-19-26(20-29(30(27)32)31(33)34)28(25-11-7-4-8-12-25)17-22(2)24-9-5-3-6-10-24/h3-16,19-20,22,28,32H,17-18H2,1-2H3,(H,33,34). The van der Waals surface area contributed by atoms with Gasteiger partial charge in [-0.2, -0.15) is 0 Å². The molecule has 0 bridgehead atoms. The fraction of sp³-hybridized carbons (Fsp3) is 0.194. The molecule has 34 heavy (non-hydrogen) atoms. The van der Waals surface area contributed by atoms with Gasteiger partial charge in [0.05, 0.1) is 0 Å². The van der Waals surface area contributed by atoms with Gasteiger partial charge in [-0.15, -0.1) is 0 Å². The zero-order valence-electron chi connectivity index (χ0n) is 19.6. The first-order valence-electron chi connectivity index (χ1n) is 11.7. The first kappa shape index (κ1) is 23.3. The van der Waals surface area contributed by atoms with Crippen molar-refractivity contribution in [2.45, 2.75) is 38.5 Å². The van der Waals surface area contributed by atoms with Crippen molar-refractivity contribution in [2.24, 2.45) is 0 Å². The van der Waals surface area contributed by atoms with Crippen molar-refractivity contribution in [2.75, 3.05) is 0 Å². The Balaban J connectivity index is 1.78. The second kappa shape index (κ2) is 10.4. The maximum Gasteiger partial charge on any atom is 0.339 e. The lowest BCUT2D eigenvalue weighted by Gasteiger charge is -2.24. The van der Waals surface area contributed by atoms with Crippen LogP contribution in [0.4, 0.5) is 0 Å². The van der Waals surface area contributed by atoms with Crippen LogP contribution in [0.1, 0.15) is 68.9 Å². The minimum Gasteiger partial charge on any atom is -0.507 e. The van der Waals surface area contributed by atoms with Crippen molar-refractivity contribution >= 4 is 5.97 Å². The highest BCUT2D eigenvalue weighted by atomic mass is 16.4. The van der Waals surface area contributed by atoms with Crippen molar-refractivity contribution in [3.8, 4) is 5.75 Å². The lowest BCUT2D eigenvalue weighted by Crippen LogP contribution is -2.09. The van der Waals surface area contributed by atoms with Gasteiger partial charge >= 0.3 is 5.97 Å². The fourth-order valence-corrected chi connectivity index (χ4v) is 4.57. The van der Waals surface area contributed by atoms with Crippen LogP contribution in [0.25, 0.3) is 0 Å². The van der Waals surface area contributed by atoms with Crippen molar-refractivity contribution in [3.05, 3.63) is 136 Å². The second-order valence-electron chi connectivity index (χ2n) is 9.05. The van der Waals surface area contributed by atoms with E-state index in [0.29, 0.717) is 12.0 Å². The molecule has 172 valence electrons. The zero-order chi connectivity index (χ0) is 24.1. The molecule has 0 heterocycles. The van der Waals surface area contributed by atoms with Gasteiger partial charge < -0.3 is 10.2 Å². The molecule has 0 aromatic heterocycles. The number of rotatable bonds is 8. The minimum absolute atomic E-state index is 0.00752. The highest BCUT2D eigenvalue weighted by Crippen LogP contribution is 2.38. The fourth-order valence-electron chi connectivity index (χ4n) is 4.57. The lowest BCUT2D eigenvalue weighted by molar-refractivity contribution is 0.0693. The number of hydrogen-bond donors (Lipinski definition) is 2. The van der Waals surface area contributed by atoms with E-state index in [1.54, 1.807) is 6.07 Å². The second-order valence-corrected chi connectivity index (χ2v) is 9.05. The van der Waals surface area contributed by atoms with Gasteiger partial charge in [-0.25, -0.2) is 4.79 Å². The van der Waals surface area contributed by atoms with Crippen LogP contribution < -0.4 is 0 Å². The first-order chi connectivity index (χ1) is 16.4. The van der Waals surface area contributed by atoms with E-state index in [4.69, 9.17) is 0 Å². The molecule has 0 fully saturated rings. The summed E-state index contributed by atoms with van der Waals surface area (Å²) < 4.78 is 0. The van der Waals surface area contributed by atoms with Gasteiger partial charge in [-0.3, -0.25) is 0 Å². The van der Waals surface area contributed by atoms with Gasteiger partial charge in [0, 0.05) is 12.3 Å². The summed E-state index contributed by atoms with van der Waals surface area (Å²) in [5.74, 6) is -1.01. The predicted octanol–water partition coefficient (Wildman–Crippen LogP) is 7.32. The van der Waals surface area contributed by atoms with Gasteiger partial charge in [0.2, 0.25) is 0 Å². The van der Waals surface area contributed by atoms with Crippen LogP contribution in [0.15, 0.2) is 97.1 Å². The minimum atomic E-state index is -1.12. The SMILES string of the molecule is Cc1ccc(Cc2cc(C(CC(C)c3ccccc3)c3ccccc3)cc(C(=O)O)c2O)cc1. The van der Waals surface area contributed by atoms with Gasteiger partial charge in [0.15, 0.2) is 0 Å². The summed E-state index contributed by atoms with van der Waals surface area (Å²) >= 11 is 0. The maximum absolute atomic E-state index is 12.1. The Bertz CT molecular complexity index is 1250. The molecule has 2 unspecified atom stereocenters. The van der Waals surface area contributed by atoms with E-state index in [2.05, 4.69) is 31.2 Å². The monoisotopic (exact) mass is 450 g/mol. The van der Waals surface area contributed by atoms with Crippen LogP contribution in [0.2, 0.25) is 0 Å². The zero-order valence-corrected chi connectivity index (χ0v) is 19.6. The smallest absolute Gasteiger partial charge is 0.339 e. The van der Waals surface area contributed by atoms with E-state index in [0.717, 1.165) is 28.7 Å². The molecule has 4 aromatic carbocycles. The van der Waals surface area contributed by atoms with E-state index in [9.17, 15) is 15.0 Å². The molecule has 4 aromatic rings. The van der Waals surface area contributed by atoms with Gasteiger partial charge in [0.25, 0.3) is 0 Å². The number of aromatic carboxylic acids is 1. The largest absolute Gasteiger partial charge is 0.507 e. The summed E-state index contributed by atoms with van der Waals surface area (Å²) in [5, 5.41) is 20.7. The Hall–Kier alpha value is -3.85. The maximum atomic E-state index is 12.1. The molecule has 3 nitrogen and oxygen atoms in total. The average Bonchev–Trinajstić information content (AvgIpc) is 2.86. The van der Waals surface area contributed by atoms with E-state index < -0.39 is 5.97 Å². The van der Waals surface area contributed by atoms with Crippen LogP contribution in [-0.4, -0.2) is 16.2 Å². The van der Waals surface area contributed by atoms with E-state index in [-0.39, 0.29) is 23.1 Å². The summed E-state index contributed by atoms with van der Waals surface area (Å²) in [7, 11) is 0. The van der Waals surface area contributed by atoms with Crippen LogP contribution >= 0.6 is 0 Å². The molecule has 0 saturated heterocycles. The number of phenols is 1. The molecular formula is C31H30O3. The number of carboxylic acid groups (broad SMARTS) is 1. The molecule has 0 aliphatic heterocycles. The number of aryl methyl sites for hydroxylation is 1. The molecule has 0 saturated carbocycles. The van der Waals surface area contributed by atoms with Crippen molar-refractivity contribution < 1.29 is 15.0 Å². The average molecular weight is 451 g/mol. The Morgan fingerprint density at radius 3 is 1.97 bits per heavy atom. The number of benzene rings is 4. The summed E-state index contributed by atoms with van der Waals surface area (Å²) in [4.78, 5) is 12.1. The third-order valence-electron chi connectivity index (χ3n) is 6.52. The van der Waals surface area contributed by atoms with Gasteiger partial charge in [-0.1, -0.05) is 103 Å². The quantitative estimate of drug-likeness (QED) is 0.296. The summed E-state index contributed by atoms with van der Waals surface area (Å²) in [6.45, 7) is 4.24. The van der Waals surface area contributed by atoms with E-state index >= 15 is 0 Å². The Labute approximate surface area is 201 Å². The normalized spacial score (nSPS) is 12.8. The van der Waals surface area contributed by atoms with E-state index in [1.165, 1.54) is 5.56 Å². The van der Waals surface area contributed by atoms with Crippen molar-refractivity contribution in [3.63, 3.8) is 0 Å². The molecule has 3 heteroatoms. The summed E-state index contributed by atoms with van der Waals surface area (Å²) in [5.41, 5.74) is 6.07. The Morgan fingerprint density at radius 1 is 0.794 bits per heavy atom. The predicted molar refractivity (Wildman–Crippen MR) is 137 cm³/mol. The number of hydrogen-bond acceptors (Lipinski definition) is 2. The third kappa shape index (κ3) is 5.37. The Morgan fingerprint density at radius 2 is 1.38 bits per heavy atom. The van der Waals surface area contributed by atoms with Crippen molar-refractivity contribution in [1.82, 2.24) is 0 Å².